The second-order valence-electron chi connectivity index (χ2n) is 5.55. The van der Waals surface area contributed by atoms with Gasteiger partial charge < -0.3 is 24.5 Å². The maximum absolute atomic E-state index is 11.7. The number of rotatable bonds is 4. The minimum absolute atomic E-state index is 0.0582. The zero-order valence-corrected chi connectivity index (χ0v) is 14.2. The number of para-hydroxylation sites is 1. The van der Waals surface area contributed by atoms with Crippen LogP contribution in [0.5, 0.6) is 0 Å². The molecule has 2 aromatic heterocycles. The molecule has 1 aromatic carbocycles. The highest BCUT2D eigenvalue weighted by Crippen LogP contribution is 2.39. The summed E-state index contributed by atoms with van der Waals surface area (Å²) in [6.07, 6.45) is 3.22. The molecule has 0 radical (unpaired) electrons. The molecule has 126 valence electrons. The van der Waals surface area contributed by atoms with Crippen LogP contribution in [-0.4, -0.2) is 19.3 Å². The van der Waals surface area contributed by atoms with Gasteiger partial charge in [-0.3, -0.25) is 4.57 Å². The third-order valence-electron chi connectivity index (χ3n) is 3.87. The molecule has 0 aliphatic heterocycles. The van der Waals surface area contributed by atoms with Gasteiger partial charge in [-0.05, 0) is 32.0 Å². The highest BCUT2D eigenvalue weighted by molar-refractivity contribution is 7.60. The third kappa shape index (κ3) is 2.78. The minimum Gasteiger partial charge on any atom is -0.460 e. The van der Waals surface area contributed by atoms with Gasteiger partial charge in [0.1, 0.15) is 10.8 Å². The van der Waals surface area contributed by atoms with E-state index in [-0.39, 0.29) is 11.1 Å². The summed E-state index contributed by atoms with van der Waals surface area (Å²) in [7, 11) is -4.48. The second-order valence-corrected chi connectivity index (χ2v) is 7.12. The van der Waals surface area contributed by atoms with Crippen molar-refractivity contribution in [1.82, 2.24) is 9.55 Å². The van der Waals surface area contributed by atoms with Gasteiger partial charge in [-0.15, -0.1) is 0 Å². The first-order chi connectivity index (χ1) is 11.3. The van der Waals surface area contributed by atoms with Gasteiger partial charge in [-0.1, -0.05) is 17.7 Å². The van der Waals surface area contributed by atoms with Gasteiger partial charge in [0.25, 0.3) is 0 Å². The Morgan fingerprint density at radius 2 is 2.17 bits per heavy atom. The van der Waals surface area contributed by atoms with E-state index in [1.807, 2.05) is 36.6 Å². The van der Waals surface area contributed by atoms with E-state index < -0.39 is 7.60 Å². The average molecular weight is 347 g/mol. The highest BCUT2D eigenvalue weighted by Gasteiger charge is 2.28. The number of nitrogens with zero attached hydrogens (tertiary/aromatic N) is 2. The Morgan fingerprint density at radius 3 is 2.83 bits per heavy atom. The van der Waals surface area contributed by atoms with E-state index in [0.717, 1.165) is 11.1 Å². The molecular formula is C16H18N3O4P. The number of aromatic nitrogens is 2. The maximum Gasteiger partial charge on any atom is 0.360 e. The molecule has 0 unspecified atom stereocenters. The number of imidazole rings is 1. The summed E-state index contributed by atoms with van der Waals surface area (Å²) in [4.78, 5) is 23.6. The Morgan fingerprint density at radius 1 is 1.42 bits per heavy atom. The molecule has 7 nitrogen and oxygen atoms in total. The van der Waals surface area contributed by atoms with E-state index in [1.165, 1.54) is 12.3 Å². The van der Waals surface area contributed by atoms with Gasteiger partial charge in [0.2, 0.25) is 0 Å². The first-order valence-corrected chi connectivity index (χ1v) is 8.94. The van der Waals surface area contributed by atoms with Crippen LogP contribution >= 0.6 is 7.60 Å². The molecule has 0 fully saturated rings. The number of nitrogen functional groups attached to an aromatic ring is 1. The second kappa shape index (κ2) is 5.94. The predicted octanol–water partition coefficient (Wildman–Crippen LogP) is 2.65. The number of fused-ring (bicyclic) bond motifs is 1. The van der Waals surface area contributed by atoms with Crippen LogP contribution in [0.25, 0.3) is 22.6 Å². The van der Waals surface area contributed by atoms with E-state index in [9.17, 15) is 14.4 Å². The summed E-state index contributed by atoms with van der Waals surface area (Å²) in [6, 6.07) is 6.69. The van der Waals surface area contributed by atoms with Crippen LogP contribution in [0.4, 0.5) is 5.69 Å². The topological polar surface area (TPSA) is 115 Å². The number of benzene rings is 1. The van der Waals surface area contributed by atoms with E-state index in [1.54, 1.807) is 6.07 Å². The fourth-order valence-corrected chi connectivity index (χ4v) is 3.21. The lowest BCUT2D eigenvalue weighted by molar-refractivity contribution is 0.387. The van der Waals surface area contributed by atoms with Gasteiger partial charge in [0.15, 0.2) is 11.6 Å². The van der Waals surface area contributed by atoms with E-state index in [4.69, 9.17) is 10.2 Å². The molecule has 24 heavy (non-hydrogen) atoms. The lowest BCUT2D eigenvalue weighted by atomic mass is 10.2. The van der Waals surface area contributed by atoms with Crippen molar-refractivity contribution in [2.45, 2.75) is 20.4 Å². The van der Waals surface area contributed by atoms with Gasteiger partial charge >= 0.3 is 7.60 Å². The molecule has 0 amide bonds. The van der Waals surface area contributed by atoms with Crippen molar-refractivity contribution in [1.29, 1.82) is 0 Å². The monoisotopic (exact) mass is 347 g/mol. The SMILES string of the molecule is C/C=C(\C)Cn1c(-c2occc2P(=O)(O)O)nc2c(N)cccc21. The zero-order chi connectivity index (χ0) is 17.5. The molecule has 0 aliphatic carbocycles. The maximum atomic E-state index is 11.7. The van der Waals surface area contributed by atoms with Crippen LogP contribution in [0.3, 0.4) is 0 Å². The fourth-order valence-electron chi connectivity index (χ4n) is 2.54. The van der Waals surface area contributed by atoms with Crippen molar-refractivity contribution in [3.8, 4) is 11.6 Å². The highest BCUT2D eigenvalue weighted by atomic mass is 31.2. The van der Waals surface area contributed by atoms with Crippen LogP contribution in [-0.2, 0) is 11.1 Å². The Labute approximate surface area is 138 Å². The Kier molecular flexibility index (Phi) is 4.09. The summed E-state index contributed by atoms with van der Waals surface area (Å²) < 4.78 is 18.9. The van der Waals surface area contributed by atoms with Gasteiger partial charge in [0, 0.05) is 6.54 Å². The van der Waals surface area contributed by atoms with Gasteiger partial charge in [-0.2, -0.15) is 0 Å². The summed E-state index contributed by atoms with van der Waals surface area (Å²) in [6.45, 7) is 4.40. The fraction of sp³-hybridized carbons (Fsp3) is 0.188. The molecular weight excluding hydrogens is 329 g/mol. The summed E-state index contributed by atoms with van der Waals surface area (Å²) in [5.74, 6) is 0.398. The van der Waals surface area contributed by atoms with Crippen molar-refractivity contribution in [2.24, 2.45) is 0 Å². The van der Waals surface area contributed by atoms with Gasteiger partial charge in [0.05, 0.1) is 17.5 Å². The van der Waals surface area contributed by atoms with Crippen molar-refractivity contribution in [3.63, 3.8) is 0 Å². The summed E-state index contributed by atoms with van der Waals surface area (Å²) in [5.41, 5.74) is 8.92. The molecule has 3 aromatic rings. The predicted molar refractivity (Wildman–Crippen MR) is 93.0 cm³/mol. The number of nitrogens with two attached hydrogens (primary N) is 1. The summed E-state index contributed by atoms with van der Waals surface area (Å²) >= 11 is 0. The number of furan rings is 1. The molecule has 0 aliphatic rings. The smallest absolute Gasteiger partial charge is 0.360 e. The molecule has 4 N–H and O–H groups in total. The van der Waals surface area contributed by atoms with Crippen molar-refractivity contribution in [2.75, 3.05) is 5.73 Å². The Bertz CT molecular complexity index is 981. The largest absolute Gasteiger partial charge is 0.460 e. The van der Waals surface area contributed by atoms with Crippen LogP contribution in [0.15, 0.2) is 46.6 Å². The summed E-state index contributed by atoms with van der Waals surface area (Å²) in [5, 5.41) is -0.184. The third-order valence-corrected chi connectivity index (χ3v) is 4.85. The number of allylic oxidation sites excluding steroid dienone is 2. The minimum atomic E-state index is -4.48. The molecule has 0 saturated carbocycles. The van der Waals surface area contributed by atoms with Crippen LogP contribution < -0.4 is 11.0 Å². The first-order valence-electron chi connectivity index (χ1n) is 7.33. The van der Waals surface area contributed by atoms with E-state index >= 15 is 0 Å². The molecule has 0 saturated heterocycles. The average Bonchev–Trinajstić information content (AvgIpc) is 3.12. The van der Waals surface area contributed by atoms with Crippen molar-refractivity contribution < 1.29 is 18.8 Å². The first kappa shape index (κ1) is 16.5. The van der Waals surface area contributed by atoms with Crippen molar-refractivity contribution >= 4 is 29.6 Å². The number of hydrogen-bond acceptors (Lipinski definition) is 4. The molecule has 8 heteroatoms. The van der Waals surface area contributed by atoms with Crippen molar-refractivity contribution in [3.05, 3.63) is 42.2 Å². The lowest BCUT2D eigenvalue weighted by Crippen LogP contribution is -2.09. The zero-order valence-electron chi connectivity index (χ0n) is 13.3. The van der Waals surface area contributed by atoms with Crippen LogP contribution in [0.2, 0.25) is 0 Å². The van der Waals surface area contributed by atoms with Crippen LogP contribution in [0.1, 0.15) is 13.8 Å². The van der Waals surface area contributed by atoms with E-state index in [0.29, 0.717) is 23.6 Å². The molecule has 2 heterocycles. The molecule has 3 rings (SSSR count). The molecule has 0 bridgehead atoms. The quantitative estimate of drug-likeness (QED) is 0.380. The standard InChI is InChI=1S/C16H18N3O4P/c1-3-10(2)9-19-12-6-4-5-11(17)14(12)18-16(19)15-13(7-8-23-15)24(20,21)22/h3-8H,9,17H2,1-2H3,(H2,20,21,22)/b10-3+. The molecule has 0 spiro atoms. The number of hydrogen-bond donors (Lipinski definition) is 3. The van der Waals surface area contributed by atoms with E-state index in [2.05, 4.69) is 4.98 Å². The van der Waals surface area contributed by atoms with Gasteiger partial charge in [-0.25, -0.2) is 4.98 Å². The number of anilines is 1. The normalized spacial score (nSPS) is 12.9. The Balaban J connectivity index is 2.32. The lowest BCUT2D eigenvalue weighted by Gasteiger charge is -2.10. The van der Waals surface area contributed by atoms with Crippen LogP contribution in [0, 0.1) is 0 Å². The molecule has 0 atom stereocenters. The Hall–Kier alpha value is -2.34.